The molecule has 0 aliphatic rings. The van der Waals surface area contributed by atoms with Crippen LogP contribution in [0.1, 0.15) is 17.9 Å². The second-order valence-corrected chi connectivity index (χ2v) is 4.67. The predicted molar refractivity (Wildman–Crippen MR) is 68.2 cm³/mol. The van der Waals surface area contributed by atoms with E-state index in [4.69, 9.17) is 0 Å². The fourth-order valence-electron chi connectivity index (χ4n) is 1.58. The molecule has 0 unspecified atom stereocenters. The molecule has 2 aromatic rings. The third-order valence-corrected chi connectivity index (χ3v) is 3.01. The molecule has 0 saturated heterocycles. The van der Waals surface area contributed by atoms with Crippen molar-refractivity contribution in [3.63, 3.8) is 0 Å². The van der Waals surface area contributed by atoms with Crippen LogP contribution in [0.15, 0.2) is 41.1 Å². The molecule has 18 heavy (non-hydrogen) atoms. The van der Waals surface area contributed by atoms with Crippen LogP contribution >= 0.6 is 15.9 Å². The maximum absolute atomic E-state index is 12.5. The summed E-state index contributed by atoms with van der Waals surface area (Å²) >= 11 is 3.35. The van der Waals surface area contributed by atoms with Gasteiger partial charge in [0.25, 0.3) is 0 Å². The first-order valence-corrected chi connectivity index (χ1v) is 6.21. The minimum atomic E-state index is -2.54. The monoisotopic (exact) mass is 315 g/mol. The summed E-state index contributed by atoms with van der Waals surface area (Å²) in [5.74, 6) is 0.335. The highest BCUT2D eigenvalue weighted by atomic mass is 79.9. The average Bonchev–Trinajstić information content (AvgIpc) is 2.80. The van der Waals surface area contributed by atoms with E-state index in [0.29, 0.717) is 18.9 Å². The Balaban J connectivity index is 1.88. The van der Waals surface area contributed by atoms with Gasteiger partial charge in [0.05, 0.1) is 6.54 Å². The lowest BCUT2D eigenvalue weighted by atomic mass is 10.2. The van der Waals surface area contributed by atoms with Crippen LogP contribution in [0.4, 0.5) is 8.78 Å². The van der Waals surface area contributed by atoms with Gasteiger partial charge in [0.2, 0.25) is 0 Å². The maximum atomic E-state index is 12.5. The first kappa shape index (κ1) is 13.2. The number of imidazole rings is 1. The first-order chi connectivity index (χ1) is 8.66. The van der Waals surface area contributed by atoms with Gasteiger partial charge in [-0.25, -0.2) is 4.98 Å². The summed E-state index contributed by atoms with van der Waals surface area (Å²) in [5.41, 5.74) is 1.09. The number of alkyl halides is 2. The predicted octanol–water partition coefficient (Wildman–Crippen LogP) is 3.33. The van der Waals surface area contributed by atoms with Crippen LogP contribution in [-0.4, -0.2) is 9.55 Å². The van der Waals surface area contributed by atoms with Crippen molar-refractivity contribution in [2.24, 2.45) is 0 Å². The minimum absolute atomic E-state index is 0.313. The fourth-order valence-corrected chi connectivity index (χ4v) is 1.84. The van der Waals surface area contributed by atoms with E-state index in [1.54, 1.807) is 0 Å². The third kappa shape index (κ3) is 3.36. The first-order valence-electron chi connectivity index (χ1n) is 5.42. The molecule has 3 nitrogen and oxygen atoms in total. The van der Waals surface area contributed by atoms with Crippen molar-refractivity contribution in [1.29, 1.82) is 0 Å². The smallest absolute Gasteiger partial charge is 0.306 e. The van der Waals surface area contributed by atoms with Gasteiger partial charge in [-0.15, -0.1) is 0 Å². The van der Waals surface area contributed by atoms with Crippen LogP contribution in [-0.2, 0) is 13.1 Å². The summed E-state index contributed by atoms with van der Waals surface area (Å²) in [5, 5.41) is 3.09. The Morgan fingerprint density at radius 2 is 1.94 bits per heavy atom. The van der Waals surface area contributed by atoms with Crippen molar-refractivity contribution in [1.82, 2.24) is 14.9 Å². The lowest BCUT2D eigenvalue weighted by Crippen LogP contribution is -2.16. The lowest BCUT2D eigenvalue weighted by molar-refractivity contribution is 0.0666. The van der Waals surface area contributed by atoms with E-state index in [1.807, 2.05) is 24.3 Å². The van der Waals surface area contributed by atoms with Gasteiger partial charge in [0.15, 0.2) is 0 Å². The van der Waals surface area contributed by atoms with E-state index in [1.165, 1.54) is 12.4 Å². The van der Waals surface area contributed by atoms with Gasteiger partial charge in [0.1, 0.15) is 5.82 Å². The van der Waals surface area contributed by atoms with E-state index in [-0.39, 0.29) is 0 Å². The lowest BCUT2D eigenvalue weighted by Gasteiger charge is -2.07. The largest absolute Gasteiger partial charge is 0.319 e. The van der Waals surface area contributed by atoms with Crippen molar-refractivity contribution < 1.29 is 8.78 Å². The molecule has 0 radical (unpaired) electrons. The second kappa shape index (κ2) is 6.06. The van der Waals surface area contributed by atoms with Crippen LogP contribution in [0.2, 0.25) is 0 Å². The molecule has 1 aromatic carbocycles. The molecule has 1 N–H and O–H groups in total. The SMILES string of the molecule is FC(F)n1ccnc1CNCc1ccc(Br)cc1. The molecule has 0 aliphatic heterocycles. The molecule has 0 aliphatic carbocycles. The number of halogens is 3. The minimum Gasteiger partial charge on any atom is -0.306 e. The van der Waals surface area contributed by atoms with Gasteiger partial charge >= 0.3 is 6.55 Å². The summed E-state index contributed by atoms with van der Waals surface area (Å²) in [6, 6.07) is 7.82. The average molecular weight is 316 g/mol. The normalized spacial score (nSPS) is 11.1. The summed E-state index contributed by atoms with van der Waals surface area (Å²) < 4.78 is 27.0. The van der Waals surface area contributed by atoms with Gasteiger partial charge in [-0.3, -0.25) is 4.57 Å². The maximum Gasteiger partial charge on any atom is 0.319 e. The third-order valence-electron chi connectivity index (χ3n) is 2.48. The Morgan fingerprint density at radius 1 is 1.22 bits per heavy atom. The number of aromatic nitrogens is 2. The topological polar surface area (TPSA) is 29.9 Å². The van der Waals surface area contributed by atoms with E-state index in [2.05, 4.69) is 26.2 Å². The van der Waals surface area contributed by atoms with Crippen molar-refractivity contribution in [3.05, 3.63) is 52.5 Å². The zero-order chi connectivity index (χ0) is 13.0. The van der Waals surface area contributed by atoms with Crippen LogP contribution in [0.5, 0.6) is 0 Å². The highest BCUT2D eigenvalue weighted by molar-refractivity contribution is 9.10. The Labute approximate surface area is 112 Å². The Hall–Kier alpha value is -1.27. The number of hydrogen-bond donors (Lipinski definition) is 1. The molecule has 96 valence electrons. The number of hydrogen-bond acceptors (Lipinski definition) is 2. The van der Waals surface area contributed by atoms with Crippen molar-refractivity contribution in [2.45, 2.75) is 19.6 Å². The van der Waals surface area contributed by atoms with Crippen LogP contribution in [0, 0.1) is 0 Å². The molecule has 0 saturated carbocycles. The van der Waals surface area contributed by atoms with Crippen LogP contribution in [0.25, 0.3) is 0 Å². The van der Waals surface area contributed by atoms with Gasteiger partial charge in [-0.05, 0) is 17.7 Å². The summed E-state index contributed by atoms with van der Waals surface area (Å²) in [7, 11) is 0. The molecule has 6 heteroatoms. The fraction of sp³-hybridized carbons (Fsp3) is 0.250. The van der Waals surface area contributed by atoms with Crippen LogP contribution < -0.4 is 5.32 Å². The molecule has 0 fully saturated rings. The number of benzene rings is 1. The Morgan fingerprint density at radius 3 is 2.61 bits per heavy atom. The number of nitrogens with zero attached hydrogens (tertiary/aromatic N) is 2. The van der Waals surface area contributed by atoms with Gasteiger partial charge in [0, 0.05) is 23.4 Å². The molecule has 0 spiro atoms. The van der Waals surface area contributed by atoms with Gasteiger partial charge in [-0.1, -0.05) is 28.1 Å². The standard InChI is InChI=1S/C12H12BrF2N3/c13-10-3-1-9(2-4-10)7-16-8-11-17-5-6-18(11)12(14)15/h1-6,12,16H,7-8H2. The Kier molecular flexibility index (Phi) is 4.43. The van der Waals surface area contributed by atoms with E-state index in [9.17, 15) is 8.78 Å². The molecular weight excluding hydrogens is 304 g/mol. The zero-order valence-corrected chi connectivity index (χ0v) is 11.1. The zero-order valence-electron chi connectivity index (χ0n) is 9.48. The highest BCUT2D eigenvalue weighted by Gasteiger charge is 2.10. The van der Waals surface area contributed by atoms with E-state index >= 15 is 0 Å². The summed E-state index contributed by atoms with van der Waals surface area (Å²) in [6.07, 6.45) is 2.66. The number of nitrogens with one attached hydrogen (secondary N) is 1. The molecule has 2 rings (SSSR count). The van der Waals surface area contributed by atoms with Crippen molar-refractivity contribution in [2.75, 3.05) is 0 Å². The van der Waals surface area contributed by atoms with E-state index < -0.39 is 6.55 Å². The molecule has 0 atom stereocenters. The van der Waals surface area contributed by atoms with E-state index in [0.717, 1.165) is 14.6 Å². The van der Waals surface area contributed by atoms with Gasteiger partial charge < -0.3 is 5.32 Å². The molecule has 1 heterocycles. The summed E-state index contributed by atoms with van der Waals surface area (Å²) in [4.78, 5) is 3.90. The summed E-state index contributed by atoms with van der Waals surface area (Å²) in [6.45, 7) is -1.62. The van der Waals surface area contributed by atoms with Crippen LogP contribution in [0.3, 0.4) is 0 Å². The number of rotatable bonds is 5. The molecule has 0 bridgehead atoms. The highest BCUT2D eigenvalue weighted by Crippen LogP contribution is 2.13. The quantitative estimate of drug-likeness (QED) is 0.917. The van der Waals surface area contributed by atoms with Crippen molar-refractivity contribution in [3.8, 4) is 0 Å². The van der Waals surface area contributed by atoms with Gasteiger partial charge in [-0.2, -0.15) is 8.78 Å². The molecule has 1 aromatic heterocycles. The molecule has 0 amide bonds. The Bertz CT molecular complexity index is 496. The van der Waals surface area contributed by atoms with Crippen molar-refractivity contribution >= 4 is 15.9 Å². The molecular formula is C12H12BrF2N3. The second-order valence-electron chi connectivity index (χ2n) is 3.76.